The van der Waals surface area contributed by atoms with Gasteiger partial charge in [0, 0.05) is 31.0 Å². The zero-order valence-electron chi connectivity index (χ0n) is 12.8. The Morgan fingerprint density at radius 2 is 2.05 bits per heavy atom. The van der Waals surface area contributed by atoms with E-state index in [0.717, 1.165) is 28.7 Å². The molecule has 0 saturated heterocycles. The minimum atomic E-state index is -0.933. The lowest BCUT2D eigenvalue weighted by atomic mass is 10.1. The highest BCUT2D eigenvalue weighted by atomic mass is 16.4. The number of rotatable bonds is 6. The number of para-hydroxylation sites is 1. The van der Waals surface area contributed by atoms with Crippen LogP contribution in [0.4, 0.5) is 4.79 Å². The third-order valence-corrected chi connectivity index (χ3v) is 3.46. The number of carbonyl (C=O) groups is 2. The van der Waals surface area contributed by atoms with Gasteiger partial charge in [0.2, 0.25) is 0 Å². The van der Waals surface area contributed by atoms with E-state index in [4.69, 9.17) is 9.52 Å². The van der Waals surface area contributed by atoms with E-state index >= 15 is 0 Å². The topological polar surface area (TPSA) is 82.8 Å². The van der Waals surface area contributed by atoms with Crippen LogP contribution in [-0.4, -0.2) is 35.6 Å². The highest BCUT2D eigenvalue weighted by molar-refractivity contribution is 5.83. The van der Waals surface area contributed by atoms with Gasteiger partial charge in [-0.25, -0.2) is 4.79 Å². The van der Waals surface area contributed by atoms with E-state index in [1.807, 2.05) is 31.2 Å². The Balaban J connectivity index is 2.09. The van der Waals surface area contributed by atoms with Gasteiger partial charge in [-0.1, -0.05) is 25.1 Å². The smallest absolute Gasteiger partial charge is 0.317 e. The fourth-order valence-electron chi connectivity index (χ4n) is 2.33. The zero-order valence-corrected chi connectivity index (χ0v) is 12.8. The molecule has 0 fully saturated rings. The molecule has 22 heavy (non-hydrogen) atoms. The molecule has 0 atom stereocenters. The highest BCUT2D eigenvalue weighted by Gasteiger charge is 2.17. The molecule has 6 heteroatoms. The van der Waals surface area contributed by atoms with Crippen molar-refractivity contribution in [3.05, 3.63) is 35.6 Å². The standard InChI is InChI=1S/C16H20N2O4/c1-3-13-12(11-6-4-5-7-14(11)22-13)10-18(2)16(21)17-9-8-15(19)20/h4-7H,3,8-10H2,1-2H3,(H,17,21)(H,19,20). The first-order chi connectivity index (χ1) is 10.5. The molecule has 0 unspecified atom stereocenters. The number of amides is 2. The van der Waals surface area contributed by atoms with E-state index in [2.05, 4.69) is 5.32 Å². The first-order valence-corrected chi connectivity index (χ1v) is 7.23. The van der Waals surface area contributed by atoms with Crippen molar-refractivity contribution in [3.8, 4) is 0 Å². The number of nitrogens with one attached hydrogen (secondary N) is 1. The van der Waals surface area contributed by atoms with Crippen LogP contribution in [0.2, 0.25) is 0 Å². The number of benzene rings is 1. The van der Waals surface area contributed by atoms with Crippen LogP contribution in [0.3, 0.4) is 0 Å². The monoisotopic (exact) mass is 304 g/mol. The highest BCUT2D eigenvalue weighted by Crippen LogP contribution is 2.27. The molecule has 0 bridgehead atoms. The second kappa shape index (κ2) is 6.98. The molecule has 0 spiro atoms. The van der Waals surface area contributed by atoms with Gasteiger partial charge in [-0.3, -0.25) is 4.79 Å². The third kappa shape index (κ3) is 3.58. The number of carboxylic acid groups (broad SMARTS) is 1. The van der Waals surface area contributed by atoms with Gasteiger partial charge in [-0.15, -0.1) is 0 Å². The molecule has 0 radical (unpaired) electrons. The molecule has 0 aliphatic rings. The van der Waals surface area contributed by atoms with Crippen molar-refractivity contribution in [2.45, 2.75) is 26.3 Å². The Morgan fingerprint density at radius 3 is 2.73 bits per heavy atom. The van der Waals surface area contributed by atoms with Gasteiger partial charge in [0.05, 0.1) is 13.0 Å². The lowest BCUT2D eigenvalue weighted by Gasteiger charge is -2.17. The van der Waals surface area contributed by atoms with Crippen molar-refractivity contribution in [1.29, 1.82) is 0 Å². The number of carbonyl (C=O) groups excluding carboxylic acids is 1. The van der Waals surface area contributed by atoms with Crippen molar-refractivity contribution < 1.29 is 19.1 Å². The average Bonchev–Trinajstić information content (AvgIpc) is 2.84. The number of hydrogen-bond acceptors (Lipinski definition) is 3. The molecule has 2 amide bonds. The van der Waals surface area contributed by atoms with Gasteiger partial charge in [-0.2, -0.15) is 0 Å². The SMILES string of the molecule is CCc1oc2ccccc2c1CN(C)C(=O)NCCC(=O)O. The fraction of sp³-hybridized carbons (Fsp3) is 0.375. The molecule has 0 aliphatic carbocycles. The minimum absolute atomic E-state index is 0.0889. The number of carboxylic acids is 1. The van der Waals surface area contributed by atoms with E-state index in [1.54, 1.807) is 7.05 Å². The van der Waals surface area contributed by atoms with E-state index < -0.39 is 5.97 Å². The predicted molar refractivity (Wildman–Crippen MR) is 82.7 cm³/mol. The van der Waals surface area contributed by atoms with Crippen molar-refractivity contribution in [2.75, 3.05) is 13.6 Å². The van der Waals surface area contributed by atoms with E-state index in [0.29, 0.717) is 6.54 Å². The molecule has 1 aromatic carbocycles. The quantitative estimate of drug-likeness (QED) is 0.859. The van der Waals surface area contributed by atoms with Crippen LogP contribution in [0, 0.1) is 0 Å². The number of urea groups is 1. The summed E-state index contributed by atoms with van der Waals surface area (Å²) in [5, 5.41) is 12.2. The Bertz CT molecular complexity index is 678. The lowest BCUT2D eigenvalue weighted by molar-refractivity contribution is -0.136. The maximum Gasteiger partial charge on any atom is 0.317 e. The maximum atomic E-state index is 12.0. The van der Waals surface area contributed by atoms with Crippen LogP contribution < -0.4 is 5.32 Å². The third-order valence-electron chi connectivity index (χ3n) is 3.46. The number of aliphatic carboxylic acids is 1. The van der Waals surface area contributed by atoms with Gasteiger partial charge in [0.1, 0.15) is 11.3 Å². The van der Waals surface area contributed by atoms with Crippen molar-refractivity contribution >= 4 is 23.0 Å². The number of nitrogens with zero attached hydrogens (tertiary/aromatic N) is 1. The van der Waals surface area contributed by atoms with Crippen LogP contribution in [0.25, 0.3) is 11.0 Å². The van der Waals surface area contributed by atoms with Crippen LogP contribution in [0.5, 0.6) is 0 Å². The summed E-state index contributed by atoms with van der Waals surface area (Å²) < 4.78 is 5.81. The van der Waals surface area contributed by atoms with Gasteiger partial charge in [-0.05, 0) is 6.07 Å². The summed E-state index contributed by atoms with van der Waals surface area (Å²) in [5.41, 5.74) is 1.81. The summed E-state index contributed by atoms with van der Waals surface area (Å²) in [5.74, 6) is -0.0663. The van der Waals surface area contributed by atoms with Crippen molar-refractivity contribution in [1.82, 2.24) is 10.2 Å². The Morgan fingerprint density at radius 1 is 1.32 bits per heavy atom. The molecule has 1 aromatic heterocycles. The van der Waals surface area contributed by atoms with Gasteiger partial charge < -0.3 is 19.7 Å². The Labute approximate surface area is 128 Å². The van der Waals surface area contributed by atoms with Gasteiger partial charge in [0.25, 0.3) is 0 Å². The average molecular weight is 304 g/mol. The minimum Gasteiger partial charge on any atom is -0.481 e. The Kier molecular flexibility index (Phi) is 5.04. The summed E-state index contributed by atoms with van der Waals surface area (Å²) >= 11 is 0. The molecular weight excluding hydrogens is 284 g/mol. The summed E-state index contributed by atoms with van der Waals surface area (Å²) in [6, 6.07) is 7.44. The van der Waals surface area contributed by atoms with Gasteiger partial charge >= 0.3 is 12.0 Å². The maximum absolute atomic E-state index is 12.0. The molecule has 2 aromatic rings. The zero-order chi connectivity index (χ0) is 16.1. The summed E-state index contributed by atoms with van der Waals surface area (Å²) in [4.78, 5) is 24.0. The molecule has 2 N–H and O–H groups in total. The van der Waals surface area contributed by atoms with E-state index in [9.17, 15) is 9.59 Å². The normalized spacial score (nSPS) is 10.6. The number of hydrogen-bond donors (Lipinski definition) is 2. The molecule has 6 nitrogen and oxygen atoms in total. The molecule has 2 rings (SSSR count). The number of furan rings is 1. The van der Waals surface area contributed by atoms with Crippen LogP contribution in [-0.2, 0) is 17.8 Å². The molecule has 0 aliphatic heterocycles. The van der Waals surface area contributed by atoms with Crippen molar-refractivity contribution in [3.63, 3.8) is 0 Å². The van der Waals surface area contributed by atoms with Gasteiger partial charge in [0.15, 0.2) is 0 Å². The first kappa shape index (κ1) is 15.9. The van der Waals surface area contributed by atoms with Crippen molar-refractivity contribution in [2.24, 2.45) is 0 Å². The van der Waals surface area contributed by atoms with Crippen LogP contribution >= 0.6 is 0 Å². The molecule has 118 valence electrons. The number of aryl methyl sites for hydroxylation is 1. The second-order valence-electron chi connectivity index (χ2n) is 5.09. The number of fused-ring (bicyclic) bond motifs is 1. The summed E-state index contributed by atoms with van der Waals surface area (Å²) in [6.45, 7) is 2.54. The summed E-state index contributed by atoms with van der Waals surface area (Å²) in [7, 11) is 1.68. The lowest BCUT2D eigenvalue weighted by Crippen LogP contribution is -2.37. The van der Waals surface area contributed by atoms with E-state index in [1.165, 1.54) is 4.90 Å². The van der Waals surface area contributed by atoms with Crippen LogP contribution in [0.15, 0.2) is 28.7 Å². The second-order valence-corrected chi connectivity index (χ2v) is 5.09. The fourth-order valence-corrected chi connectivity index (χ4v) is 2.33. The summed E-state index contributed by atoms with van der Waals surface area (Å²) in [6.07, 6.45) is 0.660. The molecule has 1 heterocycles. The Hall–Kier alpha value is -2.50. The largest absolute Gasteiger partial charge is 0.481 e. The molecular formula is C16H20N2O4. The van der Waals surface area contributed by atoms with Crippen LogP contribution in [0.1, 0.15) is 24.7 Å². The predicted octanol–water partition coefficient (Wildman–Crippen LogP) is 2.61. The first-order valence-electron chi connectivity index (χ1n) is 7.23. The molecule has 0 saturated carbocycles. The van der Waals surface area contributed by atoms with E-state index in [-0.39, 0.29) is 19.0 Å².